The number of nitrogens with zero attached hydrogens (tertiary/aromatic N) is 2. The second-order valence-corrected chi connectivity index (χ2v) is 5.43. The highest BCUT2D eigenvalue weighted by Gasteiger charge is 2.40. The zero-order valence-electron chi connectivity index (χ0n) is 10.9. The zero-order valence-corrected chi connectivity index (χ0v) is 10.9. The van der Waals surface area contributed by atoms with Gasteiger partial charge in [-0.1, -0.05) is 12.1 Å². The topological polar surface area (TPSA) is 47.3 Å². The Bertz CT molecular complexity index is 655. The lowest BCUT2D eigenvalue weighted by Gasteiger charge is -2.33. The van der Waals surface area contributed by atoms with Crippen molar-refractivity contribution >= 4 is 0 Å². The van der Waals surface area contributed by atoms with Crippen LogP contribution in [0.4, 0.5) is 4.39 Å². The van der Waals surface area contributed by atoms with E-state index in [1.54, 1.807) is 18.6 Å². The lowest BCUT2D eigenvalue weighted by Crippen LogP contribution is -2.37. The van der Waals surface area contributed by atoms with Gasteiger partial charge in [-0.05, 0) is 12.5 Å². The van der Waals surface area contributed by atoms with E-state index in [0.29, 0.717) is 18.8 Å². The Morgan fingerprint density at radius 3 is 3.15 bits per heavy atom. The molecule has 104 valence electrons. The monoisotopic (exact) mass is 274 g/mol. The second-order valence-electron chi connectivity index (χ2n) is 5.43. The van der Waals surface area contributed by atoms with E-state index in [1.807, 2.05) is 10.6 Å². The first kappa shape index (κ1) is 12.1. The van der Waals surface area contributed by atoms with Crippen molar-refractivity contribution in [2.75, 3.05) is 13.2 Å². The number of imidazole rings is 1. The van der Waals surface area contributed by atoms with Gasteiger partial charge in [0, 0.05) is 23.7 Å². The first-order valence-electron chi connectivity index (χ1n) is 6.84. The highest BCUT2D eigenvalue weighted by Crippen LogP contribution is 2.46. The van der Waals surface area contributed by atoms with Gasteiger partial charge in [-0.2, -0.15) is 0 Å². The van der Waals surface area contributed by atoms with Crippen LogP contribution in [0.25, 0.3) is 11.3 Å². The SMILES string of the molecule is O[C@H]1COCC[C@@H]1[C@@H]1c2c(F)cccc2-c2cncn21. The summed E-state index contributed by atoms with van der Waals surface area (Å²) in [7, 11) is 0. The van der Waals surface area contributed by atoms with Crippen LogP contribution in [0.5, 0.6) is 0 Å². The summed E-state index contributed by atoms with van der Waals surface area (Å²) in [5.41, 5.74) is 2.48. The van der Waals surface area contributed by atoms with Crippen molar-refractivity contribution in [3.05, 3.63) is 42.1 Å². The van der Waals surface area contributed by atoms with Gasteiger partial charge in [-0.25, -0.2) is 9.37 Å². The smallest absolute Gasteiger partial charge is 0.129 e. The summed E-state index contributed by atoms with van der Waals surface area (Å²) in [5.74, 6) is -0.259. The summed E-state index contributed by atoms with van der Waals surface area (Å²) in [5, 5.41) is 10.2. The predicted molar refractivity (Wildman–Crippen MR) is 70.7 cm³/mol. The van der Waals surface area contributed by atoms with Crippen molar-refractivity contribution in [3.8, 4) is 11.3 Å². The fourth-order valence-electron chi connectivity index (χ4n) is 3.46. The molecule has 3 heterocycles. The number of benzene rings is 1. The molecule has 2 aliphatic rings. The number of hydrogen-bond donors (Lipinski definition) is 1. The van der Waals surface area contributed by atoms with Crippen LogP contribution in [0.1, 0.15) is 18.0 Å². The fourth-order valence-corrected chi connectivity index (χ4v) is 3.46. The molecule has 1 N–H and O–H groups in total. The molecular weight excluding hydrogens is 259 g/mol. The molecule has 0 amide bonds. The second kappa shape index (κ2) is 4.40. The van der Waals surface area contributed by atoms with E-state index >= 15 is 0 Å². The minimum absolute atomic E-state index is 0.0464. The van der Waals surface area contributed by atoms with Gasteiger partial charge in [-0.15, -0.1) is 0 Å². The highest BCUT2D eigenvalue weighted by molar-refractivity contribution is 5.69. The first-order valence-corrected chi connectivity index (χ1v) is 6.84. The molecule has 1 fully saturated rings. The van der Waals surface area contributed by atoms with Gasteiger partial charge < -0.3 is 14.4 Å². The maximum atomic E-state index is 14.3. The average molecular weight is 274 g/mol. The molecule has 3 atom stereocenters. The van der Waals surface area contributed by atoms with Gasteiger partial charge in [0.25, 0.3) is 0 Å². The van der Waals surface area contributed by atoms with Gasteiger partial charge in [-0.3, -0.25) is 0 Å². The van der Waals surface area contributed by atoms with E-state index in [9.17, 15) is 9.50 Å². The number of aliphatic hydroxyl groups excluding tert-OH is 1. The third kappa shape index (κ3) is 1.57. The predicted octanol–water partition coefficient (Wildman–Crippen LogP) is 1.99. The minimum atomic E-state index is -0.574. The number of hydrogen-bond acceptors (Lipinski definition) is 3. The number of rotatable bonds is 1. The molecule has 0 spiro atoms. The molecule has 0 aliphatic carbocycles. The molecule has 4 nitrogen and oxygen atoms in total. The molecular formula is C15H15FN2O2. The first-order chi connectivity index (χ1) is 9.77. The van der Waals surface area contributed by atoms with Crippen LogP contribution in [0.2, 0.25) is 0 Å². The van der Waals surface area contributed by atoms with Crippen LogP contribution in [0, 0.1) is 11.7 Å². The molecule has 1 aromatic carbocycles. The Balaban J connectivity index is 1.88. The number of fused-ring (bicyclic) bond motifs is 3. The normalized spacial score (nSPS) is 28.2. The molecule has 20 heavy (non-hydrogen) atoms. The molecule has 5 heteroatoms. The maximum absolute atomic E-state index is 14.3. The van der Waals surface area contributed by atoms with E-state index in [-0.39, 0.29) is 17.8 Å². The maximum Gasteiger partial charge on any atom is 0.129 e. The highest BCUT2D eigenvalue weighted by atomic mass is 19.1. The third-order valence-corrected chi connectivity index (χ3v) is 4.37. The zero-order chi connectivity index (χ0) is 13.7. The molecule has 0 unspecified atom stereocenters. The van der Waals surface area contributed by atoms with Crippen LogP contribution >= 0.6 is 0 Å². The quantitative estimate of drug-likeness (QED) is 0.865. The van der Waals surface area contributed by atoms with Crippen LogP contribution in [-0.4, -0.2) is 34.0 Å². The van der Waals surface area contributed by atoms with Gasteiger partial charge in [0.05, 0.1) is 37.0 Å². The fraction of sp³-hybridized carbons (Fsp3) is 0.400. The van der Waals surface area contributed by atoms with Gasteiger partial charge >= 0.3 is 0 Å². The van der Waals surface area contributed by atoms with Gasteiger partial charge in [0.2, 0.25) is 0 Å². The number of halogens is 1. The van der Waals surface area contributed by atoms with E-state index in [1.165, 1.54) is 6.07 Å². The molecule has 0 bridgehead atoms. The largest absolute Gasteiger partial charge is 0.390 e. The van der Waals surface area contributed by atoms with Crippen LogP contribution in [0.3, 0.4) is 0 Å². The lowest BCUT2D eigenvalue weighted by atomic mass is 9.85. The van der Waals surface area contributed by atoms with Crippen LogP contribution in [-0.2, 0) is 4.74 Å². The Hall–Kier alpha value is -1.72. The summed E-state index contributed by atoms with van der Waals surface area (Å²) in [6.07, 6.45) is 3.62. The Kier molecular flexibility index (Phi) is 2.65. The van der Waals surface area contributed by atoms with Crippen molar-refractivity contribution in [3.63, 3.8) is 0 Å². The summed E-state index contributed by atoms with van der Waals surface area (Å²) in [6, 6.07) is 4.92. The lowest BCUT2D eigenvalue weighted by molar-refractivity contribution is -0.0543. The third-order valence-electron chi connectivity index (χ3n) is 4.37. The van der Waals surface area contributed by atoms with Gasteiger partial charge in [0.1, 0.15) is 5.82 Å². The molecule has 4 rings (SSSR count). The summed E-state index contributed by atoms with van der Waals surface area (Å²) in [6.45, 7) is 0.918. The molecule has 0 saturated carbocycles. The van der Waals surface area contributed by atoms with E-state index in [4.69, 9.17) is 4.74 Å². The summed E-state index contributed by atoms with van der Waals surface area (Å²) >= 11 is 0. The molecule has 1 saturated heterocycles. The molecule has 2 aliphatic heterocycles. The Morgan fingerprint density at radius 1 is 1.40 bits per heavy atom. The van der Waals surface area contributed by atoms with Crippen molar-refractivity contribution in [1.29, 1.82) is 0 Å². The van der Waals surface area contributed by atoms with Crippen LogP contribution < -0.4 is 0 Å². The molecule has 0 radical (unpaired) electrons. The number of aliphatic hydroxyl groups is 1. The Labute approximate surface area is 115 Å². The standard InChI is InChI=1S/C15H15FN2O2/c16-11-3-1-2-9-12-6-17-8-18(12)15(14(9)11)10-4-5-20-7-13(10)19/h1-3,6,8,10,13,15,19H,4-5,7H2/t10-,13-,15+/m0/s1. The molecule has 2 aromatic rings. The van der Waals surface area contributed by atoms with Crippen molar-refractivity contribution in [2.24, 2.45) is 5.92 Å². The minimum Gasteiger partial charge on any atom is -0.390 e. The average Bonchev–Trinajstić information content (AvgIpc) is 3.01. The molecule has 1 aromatic heterocycles. The van der Waals surface area contributed by atoms with Crippen molar-refractivity contribution < 1.29 is 14.2 Å². The summed E-state index contributed by atoms with van der Waals surface area (Å²) < 4.78 is 21.6. The van der Waals surface area contributed by atoms with Crippen molar-refractivity contribution in [2.45, 2.75) is 18.6 Å². The number of ether oxygens (including phenoxy) is 1. The van der Waals surface area contributed by atoms with Gasteiger partial charge in [0.15, 0.2) is 0 Å². The van der Waals surface area contributed by atoms with E-state index in [0.717, 1.165) is 17.7 Å². The van der Waals surface area contributed by atoms with Crippen LogP contribution in [0.15, 0.2) is 30.7 Å². The van der Waals surface area contributed by atoms with E-state index < -0.39 is 6.10 Å². The Morgan fingerprint density at radius 2 is 2.30 bits per heavy atom. The van der Waals surface area contributed by atoms with E-state index in [2.05, 4.69) is 4.98 Å². The summed E-state index contributed by atoms with van der Waals surface area (Å²) in [4.78, 5) is 4.17. The van der Waals surface area contributed by atoms with Crippen molar-refractivity contribution in [1.82, 2.24) is 9.55 Å². The number of aromatic nitrogens is 2.